The Hall–Kier alpha value is -3.39. The Morgan fingerprint density at radius 3 is 2.90 bits per heavy atom. The summed E-state index contributed by atoms with van der Waals surface area (Å²) in [6, 6.07) is 12.7. The van der Waals surface area contributed by atoms with Gasteiger partial charge in [0.05, 0.1) is 25.3 Å². The molecule has 1 fully saturated rings. The van der Waals surface area contributed by atoms with Gasteiger partial charge in [-0.1, -0.05) is 35.0 Å². The van der Waals surface area contributed by atoms with E-state index in [1.165, 1.54) is 12.0 Å². The molecule has 2 aromatic carbocycles. The average Bonchev–Trinajstić information content (AvgIpc) is 3.39. The quantitative estimate of drug-likeness (QED) is 0.631. The molecule has 31 heavy (non-hydrogen) atoms. The molecule has 3 aromatic rings. The van der Waals surface area contributed by atoms with Crippen LogP contribution in [-0.4, -0.2) is 35.6 Å². The summed E-state index contributed by atoms with van der Waals surface area (Å²) in [5.74, 6) is 0.372. The molecule has 1 atom stereocenters. The lowest BCUT2D eigenvalue weighted by molar-refractivity contribution is -0.126. The molecule has 2 heterocycles. The van der Waals surface area contributed by atoms with Gasteiger partial charge in [-0.05, 0) is 36.8 Å². The van der Waals surface area contributed by atoms with Gasteiger partial charge in [-0.25, -0.2) is 0 Å². The average molecular weight is 441 g/mol. The summed E-state index contributed by atoms with van der Waals surface area (Å²) in [4.78, 5) is 31.1. The Bertz CT molecular complexity index is 1130. The van der Waals surface area contributed by atoms with Crippen molar-refractivity contribution < 1.29 is 18.8 Å². The molecule has 1 saturated heterocycles. The maximum absolute atomic E-state index is 12.7. The number of methoxy groups -OCH3 is 1. The highest BCUT2D eigenvalue weighted by atomic mass is 35.5. The molecule has 0 unspecified atom stereocenters. The first kappa shape index (κ1) is 20.9. The molecule has 4 rings (SSSR count). The minimum atomic E-state index is -0.501. The highest BCUT2D eigenvalue weighted by molar-refractivity contribution is 6.31. The Labute approximate surface area is 184 Å². The van der Waals surface area contributed by atoms with Crippen molar-refractivity contribution in [1.29, 1.82) is 0 Å². The number of anilines is 1. The van der Waals surface area contributed by atoms with Gasteiger partial charge < -0.3 is 19.5 Å². The van der Waals surface area contributed by atoms with Crippen molar-refractivity contribution in [1.82, 2.24) is 15.5 Å². The summed E-state index contributed by atoms with van der Waals surface area (Å²) < 4.78 is 10.6. The first-order valence-corrected chi connectivity index (χ1v) is 10.1. The van der Waals surface area contributed by atoms with E-state index in [2.05, 4.69) is 15.5 Å². The number of rotatable bonds is 6. The zero-order valence-corrected chi connectivity index (χ0v) is 17.8. The van der Waals surface area contributed by atoms with Crippen LogP contribution < -0.4 is 15.0 Å². The molecule has 160 valence electrons. The molecule has 0 saturated carbocycles. The minimum absolute atomic E-state index is 0.0994. The predicted molar refractivity (Wildman–Crippen MR) is 115 cm³/mol. The number of halogens is 1. The van der Waals surface area contributed by atoms with Gasteiger partial charge in [0.1, 0.15) is 5.75 Å². The fourth-order valence-electron chi connectivity index (χ4n) is 3.55. The third kappa shape index (κ3) is 4.39. The predicted octanol–water partition coefficient (Wildman–Crippen LogP) is 3.38. The van der Waals surface area contributed by atoms with Gasteiger partial charge >= 0.3 is 0 Å². The van der Waals surface area contributed by atoms with Crippen LogP contribution in [-0.2, 0) is 16.1 Å². The SMILES string of the molecule is COc1ccc(Cl)cc1N1C[C@H](C(=O)NCc2noc(-c3ccccc3C)n2)CC1=O. The van der Waals surface area contributed by atoms with Gasteiger partial charge in [-0.2, -0.15) is 4.98 Å². The summed E-state index contributed by atoms with van der Waals surface area (Å²) in [5.41, 5.74) is 2.42. The second-order valence-corrected chi connectivity index (χ2v) is 7.71. The van der Waals surface area contributed by atoms with E-state index in [-0.39, 0.29) is 31.3 Å². The van der Waals surface area contributed by atoms with E-state index in [0.717, 1.165) is 11.1 Å². The molecule has 1 N–H and O–H groups in total. The molecule has 0 aliphatic carbocycles. The third-order valence-electron chi connectivity index (χ3n) is 5.19. The van der Waals surface area contributed by atoms with Gasteiger partial charge in [0.15, 0.2) is 5.82 Å². The molecule has 1 aromatic heterocycles. The maximum atomic E-state index is 12.7. The van der Waals surface area contributed by atoms with Gasteiger partial charge in [0.2, 0.25) is 11.8 Å². The number of amides is 2. The summed E-state index contributed by atoms with van der Waals surface area (Å²) in [5, 5.41) is 7.21. The first-order chi connectivity index (χ1) is 15.0. The molecule has 9 heteroatoms. The number of nitrogens with one attached hydrogen (secondary N) is 1. The van der Waals surface area contributed by atoms with Crippen molar-refractivity contribution in [2.24, 2.45) is 5.92 Å². The molecular formula is C22H21ClN4O4. The van der Waals surface area contributed by atoms with E-state index in [4.69, 9.17) is 20.9 Å². The molecule has 0 radical (unpaired) electrons. The molecule has 0 spiro atoms. The first-order valence-electron chi connectivity index (χ1n) is 9.76. The van der Waals surface area contributed by atoms with Crippen LogP contribution >= 0.6 is 11.6 Å². The highest BCUT2D eigenvalue weighted by Crippen LogP contribution is 2.35. The van der Waals surface area contributed by atoms with Crippen molar-refractivity contribution in [3.63, 3.8) is 0 Å². The van der Waals surface area contributed by atoms with Crippen molar-refractivity contribution >= 4 is 29.1 Å². The molecule has 1 aliphatic heterocycles. The normalized spacial score (nSPS) is 15.9. The van der Waals surface area contributed by atoms with Crippen molar-refractivity contribution in [2.45, 2.75) is 19.9 Å². The Morgan fingerprint density at radius 2 is 2.13 bits per heavy atom. The van der Waals surface area contributed by atoms with Crippen molar-refractivity contribution in [3.8, 4) is 17.2 Å². The standard InChI is InChI=1S/C22H21ClN4O4/c1-13-5-3-4-6-16(13)22-25-19(26-31-22)11-24-21(29)14-9-20(28)27(12-14)17-10-15(23)7-8-18(17)30-2/h3-8,10,14H,9,11-12H2,1-2H3,(H,24,29)/t14-/m1/s1. The van der Waals surface area contributed by atoms with Crippen LogP contribution in [0.3, 0.4) is 0 Å². The number of nitrogens with zero attached hydrogens (tertiary/aromatic N) is 3. The van der Waals surface area contributed by atoms with E-state index in [0.29, 0.717) is 28.2 Å². The number of hydrogen-bond acceptors (Lipinski definition) is 6. The highest BCUT2D eigenvalue weighted by Gasteiger charge is 2.36. The fourth-order valence-corrected chi connectivity index (χ4v) is 3.71. The topological polar surface area (TPSA) is 97.6 Å². The number of ether oxygens (including phenoxy) is 1. The Balaban J connectivity index is 1.40. The summed E-state index contributed by atoms with van der Waals surface area (Å²) in [6.45, 7) is 2.31. The minimum Gasteiger partial charge on any atom is -0.495 e. The van der Waals surface area contributed by atoms with Crippen LogP contribution in [0, 0.1) is 12.8 Å². The largest absolute Gasteiger partial charge is 0.495 e. The van der Waals surface area contributed by atoms with Crippen LogP contribution in [0.5, 0.6) is 5.75 Å². The van der Waals surface area contributed by atoms with E-state index in [1.54, 1.807) is 18.2 Å². The van der Waals surface area contributed by atoms with Crippen molar-refractivity contribution in [2.75, 3.05) is 18.6 Å². The van der Waals surface area contributed by atoms with E-state index in [1.807, 2.05) is 31.2 Å². The maximum Gasteiger partial charge on any atom is 0.258 e. The second kappa shape index (κ2) is 8.77. The fraction of sp³-hybridized carbons (Fsp3) is 0.273. The zero-order chi connectivity index (χ0) is 22.0. The summed E-state index contributed by atoms with van der Waals surface area (Å²) in [7, 11) is 1.52. The lowest BCUT2D eigenvalue weighted by atomic mass is 10.1. The second-order valence-electron chi connectivity index (χ2n) is 7.27. The third-order valence-corrected chi connectivity index (χ3v) is 5.43. The van der Waals surface area contributed by atoms with Crippen LogP contribution in [0.1, 0.15) is 17.8 Å². The molecule has 0 bridgehead atoms. The Morgan fingerprint density at radius 1 is 1.32 bits per heavy atom. The summed E-state index contributed by atoms with van der Waals surface area (Å²) in [6.07, 6.45) is 0.0994. The Kier molecular flexibility index (Phi) is 5.90. The molecular weight excluding hydrogens is 420 g/mol. The molecule has 2 amide bonds. The lowest BCUT2D eigenvalue weighted by Gasteiger charge is -2.19. The summed E-state index contributed by atoms with van der Waals surface area (Å²) >= 11 is 6.08. The smallest absolute Gasteiger partial charge is 0.258 e. The van der Waals surface area contributed by atoms with Gasteiger partial charge in [0, 0.05) is 23.6 Å². The lowest BCUT2D eigenvalue weighted by Crippen LogP contribution is -2.33. The monoisotopic (exact) mass is 440 g/mol. The number of carbonyl (C=O) groups is 2. The van der Waals surface area contributed by atoms with Crippen LogP contribution in [0.15, 0.2) is 47.0 Å². The van der Waals surface area contributed by atoms with Crippen LogP contribution in [0.4, 0.5) is 5.69 Å². The molecule has 1 aliphatic rings. The van der Waals surface area contributed by atoms with E-state index in [9.17, 15) is 9.59 Å². The van der Waals surface area contributed by atoms with Crippen LogP contribution in [0.25, 0.3) is 11.5 Å². The number of aryl methyl sites for hydroxylation is 1. The number of benzene rings is 2. The van der Waals surface area contributed by atoms with Gasteiger partial charge in [-0.15, -0.1) is 0 Å². The van der Waals surface area contributed by atoms with Gasteiger partial charge in [-0.3, -0.25) is 9.59 Å². The molecule has 8 nitrogen and oxygen atoms in total. The number of hydrogen-bond donors (Lipinski definition) is 1. The van der Waals surface area contributed by atoms with E-state index < -0.39 is 5.92 Å². The van der Waals surface area contributed by atoms with Gasteiger partial charge in [0.25, 0.3) is 5.89 Å². The van der Waals surface area contributed by atoms with E-state index >= 15 is 0 Å². The number of carbonyl (C=O) groups excluding carboxylic acids is 2. The number of aromatic nitrogens is 2. The van der Waals surface area contributed by atoms with Crippen molar-refractivity contribution in [3.05, 3.63) is 58.9 Å². The van der Waals surface area contributed by atoms with Crippen LogP contribution in [0.2, 0.25) is 5.02 Å². The zero-order valence-electron chi connectivity index (χ0n) is 17.1.